The van der Waals surface area contributed by atoms with Crippen LogP contribution in [0.5, 0.6) is 0 Å². The first-order valence-corrected chi connectivity index (χ1v) is 5.83. The minimum absolute atomic E-state index is 0.0278. The molecule has 0 heterocycles. The molecule has 1 rings (SSSR count). The SMILES string of the molecule is CN(CC(=O)Nc1cc(F)ccc1F)CC(C)(C)O. The van der Waals surface area contributed by atoms with Crippen molar-refractivity contribution in [1.82, 2.24) is 4.90 Å². The van der Waals surface area contributed by atoms with Crippen molar-refractivity contribution in [3.05, 3.63) is 29.8 Å². The molecule has 1 amide bonds. The highest BCUT2D eigenvalue weighted by molar-refractivity contribution is 5.92. The Morgan fingerprint density at radius 1 is 1.42 bits per heavy atom. The molecule has 0 saturated heterocycles. The third-order valence-electron chi connectivity index (χ3n) is 2.27. The van der Waals surface area contributed by atoms with Gasteiger partial charge in [-0.1, -0.05) is 0 Å². The van der Waals surface area contributed by atoms with E-state index in [9.17, 15) is 18.7 Å². The maximum absolute atomic E-state index is 13.3. The van der Waals surface area contributed by atoms with Gasteiger partial charge in [-0.3, -0.25) is 9.69 Å². The Hall–Kier alpha value is -1.53. The van der Waals surface area contributed by atoms with Gasteiger partial charge in [0.05, 0.1) is 17.8 Å². The summed E-state index contributed by atoms with van der Waals surface area (Å²) in [5.41, 5.74) is -1.12. The number of aliphatic hydroxyl groups is 1. The van der Waals surface area contributed by atoms with Gasteiger partial charge in [0.2, 0.25) is 5.91 Å². The van der Waals surface area contributed by atoms with E-state index in [0.717, 1.165) is 18.2 Å². The van der Waals surface area contributed by atoms with Crippen LogP contribution in [0.25, 0.3) is 0 Å². The van der Waals surface area contributed by atoms with Gasteiger partial charge in [0.1, 0.15) is 11.6 Å². The third kappa shape index (κ3) is 5.76. The summed E-state index contributed by atoms with van der Waals surface area (Å²) in [6, 6.07) is 2.85. The Labute approximate surface area is 111 Å². The van der Waals surface area contributed by atoms with Gasteiger partial charge in [-0.25, -0.2) is 8.78 Å². The van der Waals surface area contributed by atoms with Gasteiger partial charge >= 0.3 is 0 Å². The van der Waals surface area contributed by atoms with E-state index in [0.29, 0.717) is 0 Å². The normalized spacial score (nSPS) is 11.7. The molecule has 4 nitrogen and oxygen atoms in total. The molecule has 0 aromatic heterocycles. The van der Waals surface area contributed by atoms with Crippen LogP contribution in [0.15, 0.2) is 18.2 Å². The van der Waals surface area contributed by atoms with Gasteiger partial charge in [0.25, 0.3) is 0 Å². The molecule has 0 radical (unpaired) electrons. The molecule has 0 bridgehead atoms. The number of nitrogens with zero attached hydrogens (tertiary/aromatic N) is 1. The van der Waals surface area contributed by atoms with E-state index in [4.69, 9.17) is 0 Å². The van der Waals surface area contributed by atoms with Crippen molar-refractivity contribution in [3.63, 3.8) is 0 Å². The zero-order valence-electron chi connectivity index (χ0n) is 11.2. The Morgan fingerprint density at radius 2 is 2.05 bits per heavy atom. The van der Waals surface area contributed by atoms with E-state index in [1.165, 1.54) is 0 Å². The Kier molecular flexibility index (Phi) is 4.97. The van der Waals surface area contributed by atoms with Gasteiger partial charge < -0.3 is 10.4 Å². The molecule has 0 fully saturated rings. The minimum atomic E-state index is -0.931. The van der Waals surface area contributed by atoms with Crippen LogP contribution >= 0.6 is 0 Å². The number of rotatable bonds is 5. The number of carbonyl (C=O) groups is 1. The van der Waals surface area contributed by atoms with Gasteiger partial charge in [-0.05, 0) is 33.0 Å². The first kappa shape index (κ1) is 15.5. The summed E-state index contributed by atoms with van der Waals surface area (Å²) >= 11 is 0. The molecule has 1 aromatic carbocycles. The zero-order chi connectivity index (χ0) is 14.6. The molecule has 106 valence electrons. The van der Waals surface area contributed by atoms with Gasteiger partial charge in [-0.2, -0.15) is 0 Å². The number of halogens is 2. The van der Waals surface area contributed by atoms with Crippen LogP contribution in [0, 0.1) is 11.6 Å². The third-order valence-corrected chi connectivity index (χ3v) is 2.27. The van der Waals surface area contributed by atoms with Crippen molar-refractivity contribution in [2.75, 3.05) is 25.5 Å². The van der Waals surface area contributed by atoms with E-state index in [-0.39, 0.29) is 18.8 Å². The average molecular weight is 272 g/mol. The fourth-order valence-corrected chi connectivity index (χ4v) is 1.74. The Morgan fingerprint density at radius 3 is 2.63 bits per heavy atom. The second kappa shape index (κ2) is 6.08. The highest BCUT2D eigenvalue weighted by Gasteiger charge is 2.18. The fraction of sp³-hybridized carbons (Fsp3) is 0.462. The quantitative estimate of drug-likeness (QED) is 0.856. The van der Waals surface area contributed by atoms with Crippen molar-refractivity contribution < 1.29 is 18.7 Å². The van der Waals surface area contributed by atoms with Crippen LogP contribution in [-0.4, -0.2) is 41.7 Å². The molecule has 19 heavy (non-hydrogen) atoms. The molecule has 6 heteroatoms. The lowest BCUT2D eigenvalue weighted by Gasteiger charge is -2.24. The molecular formula is C13H18F2N2O2. The second-order valence-corrected chi connectivity index (χ2v) is 5.16. The molecule has 0 aliphatic heterocycles. The molecule has 0 aliphatic carbocycles. The molecule has 0 spiro atoms. The van der Waals surface area contributed by atoms with Gasteiger partial charge in [0, 0.05) is 12.6 Å². The van der Waals surface area contributed by atoms with Gasteiger partial charge in [0.15, 0.2) is 0 Å². The van der Waals surface area contributed by atoms with E-state index in [1.54, 1.807) is 25.8 Å². The monoisotopic (exact) mass is 272 g/mol. The number of benzene rings is 1. The van der Waals surface area contributed by atoms with Crippen molar-refractivity contribution in [3.8, 4) is 0 Å². The van der Waals surface area contributed by atoms with E-state index in [2.05, 4.69) is 5.32 Å². The first-order valence-electron chi connectivity index (χ1n) is 5.83. The van der Waals surface area contributed by atoms with Crippen LogP contribution in [0.1, 0.15) is 13.8 Å². The number of amides is 1. The van der Waals surface area contributed by atoms with E-state index >= 15 is 0 Å². The number of nitrogens with one attached hydrogen (secondary N) is 1. The van der Waals surface area contributed by atoms with Crippen molar-refractivity contribution in [2.45, 2.75) is 19.4 Å². The van der Waals surface area contributed by atoms with E-state index in [1.807, 2.05) is 0 Å². The number of hydrogen-bond acceptors (Lipinski definition) is 3. The molecular weight excluding hydrogens is 254 g/mol. The fourth-order valence-electron chi connectivity index (χ4n) is 1.74. The van der Waals surface area contributed by atoms with Crippen LogP contribution in [-0.2, 0) is 4.79 Å². The summed E-state index contributed by atoms with van der Waals surface area (Å²) in [6.07, 6.45) is 0. The minimum Gasteiger partial charge on any atom is -0.389 e. The van der Waals surface area contributed by atoms with Crippen LogP contribution in [0.3, 0.4) is 0 Å². The van der Waals surface area contributed by atoms with Crippen molar-refractivity contribution in [1.29, 1.82) is 0 Å². The second-order valence-electron chi connectivity index (χ2n) is 5.16. The molecule has 1 aromatic rings. The summed E-state index contributed by atoms with van der Waals surface area (Å²) in [6.45, 7) is 3.49. The molecule has 2 N–H and O–H groups in total. The summed E-state index contributed by atoms with van der Waals surface area (Å²) < 4.78 is 26.2. The van der Waals surface area contributed by atoms with Crippen LogP contribution in [0.2, 0.25) is 0 Å². The lowest BCUT2D eigenvalue weighted by Crippen LogP contribution is -2.40. The summed E-state index contributed by atoms with van der Waals surface area (Å²) in [5, 5.41) is 11.9. The average Bonchev–Trinajstić information content (AvgIpc) is 2.20. The summed E-state index contributed by atoms with van der Waals surface area (Å²) in [4.78, 5) is 13.2. The smallest absolute Gasteiger partial charge is 0.238 e. The van der Waals surface area contributed by atoms with Crippen molar-refractivity contribution >= 4 is 11.6 Å². The maximum atomic E-state index is 13.3. The molecule has 0 aliphatic rings. The lowest BCUT2D eigenvalue weighted by molar-refractivity contribution is -0.117. The topological polar surface area (TPSA) is 52.6 Å². The number of hydrogen-bond donors (Lipinski definition) is 2. The predicted molar refractivity (Wildman–Crippen MR) is 68.8 cm³/mol. The highest BCUT2D eigenvalue weighted by atomic mass is 19.1. The molecule has 0 saturated carbocycles. The summed E-state index contributed by atoms with van der Waals surface area (Å²) in [5.74, 6) is -1.79. The standard InChI is InChI=1S/C13H18F2N2O2/c1-13(2,19)8-17(3)7-12(18)16-11-6-9(14)4-5-10(11)15/h4-6,19H,7-8H2,1-3H3,(H,16,18). The first-order chi connectivity index (χ1) is 8.67. The van der Waals surface area contributed by atoms with Crippen LogP contribution < -0.4 is 5.32 Å². The van der Waals surface area contributed by atoms with Crippen LogP contribution in [0.4, 0.5) is 14.5 Å². The predicted octanol–water partition coefficient (Wildman–Crippen LogP) is 1.61. The summed E-state index contributed by atoms with van der Waals surface area (Å²) in [7, 11) is 1.65. The Bertz CT molecular complexity index is 458. The molecule has 0 unspecified atom stereocenters. The molecule has 0 atom stereocenters. The largest absolute Gasteiger partial charge is 0.389 e. The van der Waals surface area contributed by atoms with Gasteiger partial charge in [-0.15, -0.1) is 0 Å². The Balaban J connectivity index is 2.58. The van der Waals surface area contributed by atoms with E-state index < -0.39 is 23.1 Å². The lowest BCUT2D eigenvalue weighted by atomic mass is 10.1. The number of carbonyl (C=O) groups excluding carboxylic acids is 1. The van der Waals surface area contributed by atoms with Crippen molar-refractivity contribution in [2.24, 2.45) is 0 Å². The highest BCUT2D eigenvalue weighted by Crippen LogP contribution is 2.15. The number of anilines is 1. The maximum Gasteiger partial charge on any atom is 0.238 e. The zero-order valence-corrected chi connectivity index (χ0v) is 11.2. The number of likely N-dealkylation sites (N-methyl/N-ethyl adjacent to an activating group) is 1.